The number of amides is 1. The van der Waals surface area contributed by atoms with E-state index in [0.717, 1.165) is 28.1 Å². The summed E-state index contributed by atoms with van der Waals surface area (Å²) in [6.07, 6.45) is -0.102. The summed E-state index contributed by atoms with van der Waals surface area (Å²) in [7, 11) is 0. The number of carbonyl (C=O) groups excluding carboxylic acids is 1. The van der Waals surface area contributed by atoms with E-state index in [-0.39, 0.29) is 17.3 Å². The number of hydrogen-bond donors (Lipinski definition) is 1. The second-order valence-corrected chi connectivity index (χ2v) is 8.39. The van der Waals surface area contributed by atoms with Crippen LogP contribution in [0.15, 0.2) is 84.9 Å². The molecule has 3 aromatic rings. The molecule has 4 heteroatoms. The molecule has 0 bridgehead atoms. The van der Waals surface area contributed by atoms with Crippen LogP contribution in [0.25, 0.3) is 0 Å². The predicted molar refractivity (Wildman–Crippen MR) is 122 cm³/mol. The van der Waals surface area contributed by atoms with Crippen LogP contribution in [0.1, 0.15) is 29.7 Å². The quantitative estimate of drug-likeness (QED) is 0.453. The third kappa shape index (κ3) is 6.48. The standard InChI is InChI=1S/C25H27NO2S/c1-19-10-9-15-23(18-19)26-25(27)20(2)29-17-16-28-24(21-11-5-3-6-12-21)22-13-7-4-8-14-22/h3-15,18,20,24H,16-17H2,1-2H3,(H,26,27). The van der Waals surface area contributed by atoms with Crippen molar-refractivity contribution in [3.8, 4) is 0 Å². The highest BCUT2D eigenvalue weighted by Gasteiger charge is 2.16. The Labute approximate surface area is 177 Å². The van der Waals surface area contributed by atoms with Crippen molar-refractivity contribution < 1.29 is 9.53 Å². The van der Waals surface area contributed by atoms with Crippen molar-refractivity contribution in [1.29, 1.82) is 0 Å². The van der Waals surface area contributed by atoms with Gasteiger partial charge >= 0.3 is 0 Å². The smallest absolute Gasteiger partial charge is 0.237 e. The summed E-state index contributed by atoms with van der Waals surface area (Å²) in [5, 5.41) is 2.84. The molecular weight excluding hydrogens is 378 g/mol. The second-order valence-electron chi connectivity index (χ2n) is 6.94. The van der Waals surface area contributed by atoms with E-state index in [0.29, 0.717) is 6.61 Å². The van der Waals surface area contributed by atoms with Gasteiger partial charge in [-0.25, -0.2) is 0 Å². The van der Waals surface area contributed by atoms with E-state index in [1.807, 2.05) is 74.5 Å². The highest BCUT2D eigenvalue weighted by Crippen LogP contribution is 2.26. The topological polar surface area (TPSA) is 38.3 Å². The van der Waals surface area contributed by atoms with Gasteiger partial charge < -0.3 is 10.1 Å². The molecule has 1 N–H and O–H groups in total. The maximum atomic E-state index is 12.4. The summed E-state index contributed by atoms with van der Waals surface area (Å²) < 4.78 is 6.23. The van der Waals surface area contributed by atoms with Crippen LogP contribution in [0.4, 0.5) is 5.69 Å². The monoisotopic (exact) mass is 405 g/mol. The van der Waals surface area contributed by atoms with E-state index in [1.54, 1.807) is 11.8 Å². The van der Waals surface area contributed by atoms with Crippen molar-refractivity contribution in [3.05, 3.63) is 102 Å². The molecule has 0 aliphatic rings. The number of hydrogen-bond acceptors (Lipinski definition) is 3. The number of anilines is 1. The minimum atomic E-state index is -0.147. The molecule has 0 saturated carbocycles. The van der Waals surface area contributed by atoms with Gasteiger partial charge in [0.05, 0.1) is 11.9 Å². The van der Waals surface area contributed by atoms with E-state index >= 15 is 0 Å². The third-order valence-corrected chi connectivity index (χ3v) is 5.71. The molecule has 0 aliphatic carbocycles. The fourth-order valence-corrected chi connectivity index (χ4v) is 3.83. The van der Waals surface area contributed by atoms with Crippen LogP contribution in [0, 0.1) is 6.92 Å². The molecule has 1 unspecified atom stereocenters. The molecule has 0 aliphatic heterocycles. The zero-order valence-corrected chi connectivity index (χ0v) is 17.7. The fraction of sp³-hybridized carbons (Fsp3) is 0.240. The van der Waals surface area contributed by atoms with Crippen LogP contribution in [-0.4, -0.2) is 23.5 Å². The van der Waals surface area contributed by atoms with E-state index in [4.69, 9.17) is 4.74 Å². The minimum absolute atomic E-state index is 0.0169. The van der Waals surface area contributed by atoms with Gasteiger partial charge in [0, 0.05) is 11.4 Å². The van der Waals surface area contributed by atoms with Gasteiger partial charge in [0.1, 0.15) is 6.10 Å². The third-order valence-electron chi connectivity index (χ3n) is 4.60. The Balaban J connectivity index is 1.51. The summed E-state index contributed by atoms with van der Waals surface area (Å²) >= 11 is 1.60. The lowest BCUT2D eigenvalue weighted by atomic mass is 10.0. The number of thioether (sulfide) groups is 1. The first-order chi connectivity index (χ1) is 14.1. The second kappa shape index (κ2) is 10.8. The molecule has 0 aromatic heterocycles. The van der Waals surface area contributed by atoms with E-state index in [2.05, 4.69) is 29.6 Å². The molecule has 3 nitrogen and oxygen atoms in total. The first-order valence-electron chi connectivity index (χ1n) is 9.84. The first-order valence-corrected chi connectivity index (χ1v) is 10.9. The molecule has 150 valence electrons. The zero-order chi connectivity index (χ0) is 20.5. The molecule has 1 amide bonds. The van der Waals surface area contributed by atoms with E-state index in [1.165, 1.54) is 0 Å². The molecule has 29 heavy (non-hydrogen) atoms. The maximum Gasteiger partial charge on any atom is 0.237 e. The SMILES string of the molecule is Cc1cccc(NC(=O)C(C)SCCOC(c2ccccc2)c2ccccc2)c1. The number of ether oxygens (including phenoxy) is 1. The number of aryl methyl sites for hydroxylation is 1. The van der Waals surface area contributed by atoms with Crippen LogP contribution in [0.5, 0.6) is 0 Å². The molecule has 3 aromatic carbocycles. The molecule has 0 saturated heterocycles. The Hall–Kier alpha value is -2.56. The zero-order valence-electron chi connectivity index (χ0n) is 16.9. The Bertz CT molecular complexity index is 859. The fourth-order valence-electron chi connectivity index (χ4n) is 3.07. The van der Waals surface area contributed by atoms with Crippen molar-refractivity contribution >= 4 is 23.4 Å². The van der Waals surface area contributed by atoms with Crippen LogP contribution in [0.2, 0.25) is 0 Å². The molecule has 1 atom stereocenters. The highest BCUT2D eigenvalue weighted by atomic mass is 32.2. The van der Waals surface area contributed by atoms with Crippen molar-refractivity contribution in [2.24, 2.45) is 0 Å². The van der Waals surface area contributed by atoms with Crippen LogP contribution in [0.3, 0.4) is 0 Å². The molecule has 3 rings (SSSR count). The molecule has 0 fully saturated rings. The Morgan fingerprint density at radius 2 is 1.55 bits per heavy atom. The van der Waals surface area contributed by atoms with Crippen molar-refractivity contribution in [1.82, 2.24) is 0 Å². The number of benzene rings is 3. The molecule has 0 spiro atoms. The maximum absolute atomic E-state index is 12.4. The number of nitrogens with one attached hydrogen (secondary N) is 1. The lowest BCUT2D eigenvalue weighted by Gasteiger charge is -2.19. The van der Waals surface area contributed by atoms with Gasteiger partial charge in [0.2, 0.25) is 5.91 Å². The van der Waals surface area contributed by atoms with Crippen molar-refractivity contribution in [2.45, 2.75) is 25.2 Å². The van der Waals surface area contributed by atoms with Gasteiger partial charge in [-0.1, -0.05) is 72.8 Å². The normalized spacial score (nSPS) is 12.0. The molecule has 0 heterocycles. The van der Waals surface area contributed by atoms with Gasteiger partial charge in [0.25, 0.3) is 0 Å². The summed E-state index contributed by atoms with van der Waals surface area (Å²) in [5.41, 5.74) is 4.24. The highest BCUT2D eigenvalue weighted by molar-refractivity contribution is 8.00. The summed E-state index contributed by atoms with van der Waals surface area (Å²) in [4.78, 5) is 12.4. The minimum Gasteiger partial charge on any atom is -0.368 e. The van der Waals surface area contributed by atoms with Crippen LogP contribution < -0.4 is 5.32 Å². The van der Waals surface area contributed by atoms with E-state index in [9.17, 15) is 4.79 Å². The Morgan fingerprint density at radius 1 is 0.931 bits per heavy atom. The van der Waals surface area contributed by atoms with Gasteiger partial charge in [0.15, 0.2) is 0 Å². The summed E-state index contributed by atoms with van der Waals surface area (Å²) in [6.45, 7) is 4.52. The lowest BCUT2D eigenvalue weighted by Crippen LogP contribution is -2.23. The lowest BCUT2D eigenvalue weighted by molar-refractivity contribution is -0.115. The number of rotatable bonds is 9. The number of carbonyl (C=O) groups is 1. The predicted octanol–water partition coefficient (Wildman–Crippen LogP) is 5.86. The first kappa shape index (κ1) is 21.2. The van der Waals surface area contributed by atoms with Crippen molar-refractivity contribution in [2.75, 3.05) is 17.7 Å². The Kier molecular flexibility index (Phi) is 7.91. The molecule has 0 radical (unpaired) electrons. The summed E-state index contributed by atoms with van der Waals surface area (Å²) in [5.74, 6) is 0.765. The van der Waals surface area contributed by atoms with Gasteiger partial charge in [-0.2, -0.15) is 0 Å². The van der Waals surface area contributed by atoms with Crippen molar-refractivity contribution in [3.63, 3.8) is 0 Å². The largest absolute Gasteiger partial charge is 0.368 e. The van der Waals surface area contributed by atoms with Gasteiger partial charge in [-0.05, 0) is 42.7 Å². The Morgan fingerprint density at radius 3 is 2.14 bits per heavy atom. The average molecular weight is 406 g/mol. The van der Waals surface area contributed by atoms with Crippen LogP contribution in [-0.2, 0) is 9.53 Å². The van der Waals surface area contributed by atoms with Gasteiger partial charge in [-0.15, -0.1) is 11.8 Å². The van der Waals surface area contributed by atoms with Crippen LogP contribution >= 0.6 is 11.8 Å². The average Bonchev–Trinajstić information content (AvgIpc) is 2.75. The summed E-state index contributed by atoms with van der Waals surface area (Å²) in [6, 6.07) is 28.3. The molecular formula is C25H27NO2S. The van der Waals surface area contributed by atoms with Gasteiger partial charge in [-0.3, -0.25) is 4.79 Å². The van der Waals surface area contributed by atoms with E-state index < -0.39 is 0 Å².